The second-order valence-electron chi connectivity index (χ2n) is 5.30. The highest BCUT2D eigenvalue weighted by Gasteiger charge is 2.32. The van der Waals surface area contributed by atoms with E-state index in [1.807, 2.05) is 0 Å². The van der Waals surface area contributed by atoms with Gasteiger partial charge in [-0.1, -0.05) is 28.1 Å². The van der Waals surface area contributed by atoms with Crippen LogP contribution in [0.3, 0.4) is 0 Å². The van der Waals surface area contributed by atoms with Gasteiger partial charge in [0.1, 0.15) is 5.75 Å². The number of ether oxygens (including phenoxy) is 2. The summed E-state index contributed by atoms with van der Waals surface area (Å²) >= 11 is 3.64. The van der Waals surface area contributed by atoms with Crippen LogP contribution < -0.4 is 4.74 Å². The van der Waals surface area contributed by atoms with Crippen molar-refractivity contribution >= 4 is 15.9 Å². The highest BCUT2D eigenvalue weighted by atomic mass is 79.9. The second kappa shape index (κ2) is 6.07. The largest absolute Gasteiger partial charge is 0.493 e. The fourth-order valence-corrected chi connectivity index (χ4v) is 2.94. The van der Waals surface area contributed by atoms with E-state index in [1.165, 1.54) is 11.1 Å². The third-order valence-electron chi connectivity index (χ3n) is 3.71. The Labute approximate surface area is 118 Å². The molecule has 1 aliphatic heterocycles. The Hall–Kier alpha value is -0.540. The van der Waals surface area contributed by atoms with Crippen molar-refractivity contribution in [3.05, 3.63) is 29.3 Å². The molecule has 1 saturated heterocycles. The topological polar surface area (TPSA) is 18.5 Å². The molecule has 0 N–H and O–H groups in total. The zero-order valence-corrected chi connectivity index (χ0v) is 12.8. The van der Waals surface area contributed by atoms with Crippen LogP contribution >= 0.6 is 15.9 Å². The Morgan fingerprint density at radius 1 is 1.28 bits per heavy atom. The van der Waals surface area contributed by atoms with Crippen molar-refractivity contribution in [1.29, 1.82) is 0 Å². The molecule has 0 aliphatic carbocycles. The summed E-state index contributed by atoms with van der Waals surface area (Å²) in [5, 5.41) is 0.980. The maximum atomic E-state index is 6.07. The van der Waals surface area contributed by atoms with Crippen LogP contribution in [0.1, 0.15) is 24.0 Å². The van der Waals surface area contributed by atoms with Crippen LogP contribution in [0, 0.1) is 19.3 Å². The molecule has 3 heteroatoms. The summed E-state index contributed by atoms with van der Waals surface area (Å²) in [5.74, 6) is 1.02. The zero-order chi connectivity index (χ0) is 13.0. The van der Waals surface area contributed by atoms with Crippen LogP contribution in [0.25, 0.3) is 0 Å². The Balaban J connectivity index is 2.03. The lowest BCUT2D eigenvalue weighted by molar-refractivity contribution is 0.00342. The molecule has 1 aromatic carbocycles. The van der Waals surface area contributed by atoms with Crippen LogP contribution in [0.4, 0.5) is 0 Å². The first-order valence-electron chi connectivity index (χ1n) is 6.49. The predicted octanol–water partition coefficient (Wildman–Crippen LogP) is 3.87. The van der Waals surface area contributed by atoms with E-state index in [0.717, 1.165) is 43.7 Å². The molecule has 1 fully saturated rings. The zero-order valence-electron chi connectivity index (χ0n) is 11.2. The van der Waals surface area contributed by atoms with Crippen LogP contribution in [-0.2, 0) is 4.74 Å². The molecular formula is C15H21BrO2. The lowest BCUT2D eigenvalue weighted by Crippen LogP contribution is -2.36. The first-order chi connectivity index (χ1) is 8.65. The summed E-state index contributed by atoms with van der Waals surface area (Å²) < 4.78 is 11.5. The smallest absolute Gasteiger partial charge is 0.122 e. The van der Waals surface area contributed by atoms with Crippen molar-refractivity contribution in [2.45, 2.75) is 26.7 Å². The summed E-state index contributed by atoms with van der Waals surface area (Å²) in [6.45, 7) is 6.66. The number of rotatable bonds is 4. The molecule has 1 heterocycles. The lowest BCUT2D eigenvalue weighted by Gasteiger charge is -2.35. The van der Waals surface area contributed by atoms with Gasteiger partial charge in [-0.05, 0) is 43.9 Å². The van der Waals surface area contributed by atoms with Crippen LogP contribution in [0.2, 0.25) is 0 Å². The van der Waals surface area contributed by atoms with E-state index in [9.17, 15) is 0 Å². The SMILES string of the molecule is Cc1ccc(C)c(OCC2(CBr)CCOCC2)c1. The summed E-state index contributed by atoms with van der Waals surface area (Å²) in [5.41, 5.74) is 2.68. The first-order valence-corrected chi connectivity index (χ1v) is 7.61. The predicted molar refractivity (Wildman–Crippen MR) is 77.7 cm³/mol. The van der Waals surface area contributed by atoms with Crippen molar-refractivity contribution in [2.24, 2.45) is 5.41 Å². The molecule has 0 atom stereocenters. The molecule has 18 heavy (non-hydrogen) atoms. The van der Waals surface area contributed by atoms with Gasteiger partial charge >= 0.3 is 0 Å². The standard InChI is InChI=1S/C15H21BrO2/c1-12-3-4-13(2)14(9-12)18-11-15(10-16)5-7-17-8-6-15/h3-4,9H,5-8,10-11H2,1-2H3. The Morgan fingerprint density at radius 2 is 2.00 bits per heavy atom. The maximum Gasteiger partial charge on any atom is 0.122 e. The van der Waals surface area contributed by atoms with Gasteiger partial charge in [-0.15, -0.1) is 0 Å². The average Bonchev–Trinajstić information content (AvgIpc) is 2.41. The van der Waals surface area contributed by atoms with Crippen LogP contribution in [0.5, 0.6) is 5.75 Å². The number of alkyl halides is 1. The van der Waals surface area contributed by atoms with E-state index in [-0.39, 0.29) is 5.41 Å². The average molecular weight is 313 g/mol. The lowest BCUT2D eigenvalue weighted by atomic mass is 9.83. The minimum absolute atomic E-state index is 0.231. The maximum absolute atomic E-state index is 6.07. The van der Waals surface area contributed by atoms with Gasteiger partial charge in [0.15, 0.2) is 0 Å². The minimum Gasteiger partial charge on any atom is -0.493 e. The molecule has 0 saturated carbocycles. The number of halogens is 1. The molecule has 0 amide bonds. The van der Waals surface area contributed by atoms with Crippen molar-refractivity contribution in [2.75, 3.05) is 25.2 Å². The van der Waals surface area contributed by atoms with Crippen LogP contribution in [-0.4, -0.2) is 25.2 Å². The second-order valence-corrected chi connectivity index (χ2v) is 5.86. The first kappa shape index (κ1) is 13.9. The number of aryl methyl sites for hydroxylation is 2. The van der Waals surface area contributed by atoms with E-state index in [4.69, 9.17) is 9.47 Å². The van der Waals surface area contributed by atoms with E-state index in [0.29, 0.717) is 0 Å². The monoisotopic (exact) mass is 312 g/mol. The van der Waals surface area contributed by atoms with Gasteiger partial charge in [-0.3, -0.25) is 0 Å². The molecular weight excluding hydrogens is 292 g/mol. The van der Waals surface area contributed by atoms with Crippen LogP contribution in [0.15, 0.2) is 18.2 Å². The van der Waals surface area contributed by atoms with Crippen molar-refractivity contribution in [1.82, 2.24) is 0 Å². The molecule has 0 unspecified atom stereocenters. The van der Waals surface area contributed by atoms with E-state index in [1.54, 1.807) is 0 Å². The molecule has 0 spiro atoms. The fourth-order valence-electron chi connectivity index (χ4n) is 2.21. The summed E-state index contributed by atoms with van der Waals surface area (Å²) in [7, 11) is 0. The third-order valence-corrected chi connectivity index (χ3v) is 4.90. The van der Waals surface area contributed by atoms with Gasteiger partial charge in [-0.25, -0.2) is 0 Å². The van der Waals surface area contributed by atoms with Gasteiger partial charge < -0.3 is 9.47 Å². The number of hydrogen-bond donors (Lipinski definition) is 0. The fraction of sp³-hybridized carbons (Fsp3) is 0.600. The molecule has 0 radical (unpaired) electrons. The summed E-state index contributed by atoms with van der Waals surface area (Å²) in [6.07, 6.45) is 2.15. The highest BCUT2D eigenvalue weighted by molar-refractivity contribution is 9.09. The normalized spacial score (nSPS) is 18.6. The molecule has 1 aromatic rings. The van der Waals surface area contributed by atoms with Gasteiger partial charge in [-0.2, -0.15) is 0 Å². The number of hydrogen-bond acceptors (Lipinski definition) is 2. The Morgan fingerprint density at radius 3 is 2.67 bits per heavy atom. The van der Waals surface area contributed by atoms with Gasteiger partial charge in [0, 0.05) is 24.0 Å². The summed E-state index contributed by atoms with van der Waals surface area (Å²) in [6, 6.07) is 6.36. The van der Waals surface area contributed by atoms with E-state index >= 15 is 0 Å². The molecule has 0 bridgehead atoms. The molecule has 1 aliphatic rings. The molecule has 0 aromatic heterocycles. The minimum atomic E-state index is 0.231. The van der Waals surface area contributed by atoms with E-state index < -0.39 is 0 Å². The van der Waals surface area contributed by atoms with Crippen molar-refractivity contribution in [3.63, 3.8) is 0 Å². The Bertz CT molecular complexity index is 397. The van der Waals surface area contributed by atoms with Gasteiger partial charge in [0.2, 0.25) is 0 Å². The molecule has 2 rings (SSSR count). The van der Waals surface area contributed by atoms with Gasteiger partial charge in [0.25, 0.3) is 0 Å². The third kappa shape index (κ3) is 3.27. The quantitative estimate of drug-likeness (QED) is 0.786. The summed E-state index contributed by atoms with van der Waals surface area (Å²) in [4.78, 5) is 0. The van der Waals surface area contributed by atoms with E-state index in [2.05, 4.69) is 48.0 Å². The molecule has 100 valence electrons. The highest BCUT2D eigenvalue weighted by Crippen LogP contribution is 2.33. The van der Waals surface area contributed by atoms with Crippen molar-refractivity contribution in [3.8, 4) is 5.75 Å². The Kier molecular flexibility index (Phi) is 4.68. The van der Waals surface area contributed by atoms with Gasteiger partial charge in [0.05, 0.1) is 6.61 Å². The number of benzene rings is 1. The van der Waals surface area contributed by atoms with Crippen molar-refractivity contribution < 1.29 is 9.47 Å². The molecule has 2 nitrogen and oxygen atoms in total.